The van der Waals surface area contributed by atoms with Crippen molar-refractivity contribution in [2.24, 2.45) is 0 Å². The predicted octanol–water partition coefficient (Wildman–Crippen LogP) is 2.68. The van der Waals surface area contributed by atoms with Gasteiger partial charge in [0.2, 0.25) is 4.77 Å². The lowest BCUT2D eigenvalue weighted by Gasteiger charge is -2.01. The third-order valence-electron chi connectivity index (χ3n) is 2.44. The summed E-state index contributed by atoms with van der Waals surface area (Å²) in [6, 6.07) is 7.97. The third kappa shape index (κ3) is 1.42. The van der Waals surface area contributed by atoms with Gasteiger partial charge in [-0.15, -0.1) is 0 Å². The molecule has 0 unspecified atom stereocenters. The molecule has 4 nitrogen and oxygen atoms in total. The summed E-state index contributed by atoms with van der Waals surface area (Å²) in [7, 11) is 0. The van der Waals surface area contributed by atoms with E-state index in [0.29, 0.717) is 4.77 Å². The molecule has 0 saturated carbocycles. The number of nitrogens with one attached hydrogen (secondary N) is 2. The lowest BCUT2D eigenvalue weighted by atomic mass is 10.1. The molecule has 0 saturated heterocycles. The second kappa shape index (κ2) is 3.53. The van der Waals surface area contributed by atoms with Gasteiger partial charge < -0.3 is 0 Å². The number of fused-ring (bicyclic) bond motifs is 1. The topological polar surface area (TPSA) is 57.4 Å². The van der Waals surface area contributed by atoms with Crippen LogP contribution < -0.4 is 0 Å². The summed E-state index contributed by atoms with van der Waals surface area (Å²) in [6.45, 7) is 0. The van der Waals surface area contributed by atoms with Crippen LogP contribution in [0.2, 0.25) is 0 Å². The molecule has 2 heterocycles. The third-order valence-corrected chi connectivity index (χ3v) is 2.63. The summed E-state index contributed by atoms with van der Waals surface area (Å²) in [5, 5.41) is 7.94. The number of rotatable bonds is 1. The summed E-state index contributed by atoms with van der Waals surface area (Å²) < 4.78 is 0.459. The summed E-state index contributed by atoms with van der Waals surface area (Å²) in [5.41, 5.74) is 1.02. The Balaban J connectivity index is 2.35. The summed E-state index contributed by atoms with van der Waals surface area (Å²) in [6.07, 6.45) is 3.60. The van der Waals surface area contributed by atoms with Crippen molar-refractivity contribution in [1.82, 2.24) is 20.2 Å². The lowest BCUT2D eigenvalue weighted by Crippen LogP contribution is -1.84. The van der Waals surface area contributed by atoms with Crippen LogP contribution >= 0.6 is 12.2 Å². The molecule has 2 N–H and O–H groups in total. The van der Waals surface area contributed by atoms with Crippen molar-refractivity contribution in [3.63, 3.8) is 0 Å². The van der Waals surface area contributed by atoms with Crippen LogP contribution in [-0.4, -0.2) is 20.2 Å². The quantitative estimate of drug-likeness (QED) is 0.629. The molecule has 5 heteroatoms. The Labute approximate surface area is 96.4 Å². The zero-order valence-corrected chi connectivity index (χ0v) is 9.08. The van der Waals surface area contributed by atoms with E-state index < -0.39 is 0 Å². The number of nitrogens with zero attached hydrogens (tertiary/aromatic N) is 2. The van der Waals surface area contributed by atoms with Gasteiger partial charge in [-0.3, -0.25) is 15.2 Å². The van der Waals surface area contributed by atoms with Crippen LogP contribution in [0.3, 0.4) is 0 Å². The predicted molar refractivity (Wildman–Crippen MR) is 64.5 cm³/mol. The standard InChI is InChI=1S/C11H8N4S/c16-11-13-10(14-15-11)9-3-1-2-7-6-12-5-4-8(7)9/h1-6H,(H2,13,14,15,16). The summed E-state index contributed by atoms with van der Waals surface area (Å²) >= 11 is 4.95. The van der Waals surface area contributed by atoms with E-state index in [1.54, 1.807) is 6.20 Å². The Morgan fingerprint density at radius 1 is 1.12 bits per heavy atom. The Morgan fingerprint density at radius 2 is 2.06 bits per heavy atom. The van der Waals surface area contributed by atoms with Gasteiger partial charge in [-0.1, -0.05) is 18.2 Å². The number of hydrogen-bond donors (Lipinski definition) is 2. The molecule has 0 atom stereocenters. The molecule has 0 fully saturated rings. The summed E-state index contributed by atoms with van der Waals surface area (Å²) in [5.74, 6) is 0.752. The molecule has 0 spiro atoms. The first-order valence-electron chi connectivity index (χ1n) is 4.82. The molecule has 0 bridgehead atoms. The van der Waals surface area contributed by atoms with Crippen molar-refractivity contribution >= 4 is 23.0 Å². The maximum Gasteiger partial charge on any atom is 0.213 e. The Hall–Kier alpha value is -2.01. The number of benzene rings is 1. The second-order valence-electron chi connectivity index (χ2n) is 3.42. The van der Waals surface area contributed by atoms with E-state index in [9.17, 15) is 0 Å². The minimum Gasteiger partial charge on any atom is -0.282 e. The Kier molecular flexibility index (Phi) is 2.04. The lowest BCUT2D eigenvalue weighted by molar-refractivity contribution is 1.08. The van der Waals surface area contributed by atoms with Gasteiger partial charge in [0, 0.05) is 23.3 Å². The van der Waals surface area contributed by atoms with E-state index in [4.69, 9.17) is 12.2 Å². The molecule has 0 radical (unpaired) electrons. The van der Waals surface area contributed by atoms with Crippen molar-refractivity contribution in [2.75, 3.05) is 0 Å². The minimum absolute atomic E-state index is 0.459. The van der Waals surface area contributed by atoms with E-state index in [2.05, 4.69) is 20.2 Å². The van der Waals surface area contributed by atoms with Crippen LogP contribution in [0.25, 0.3) is 22.2 Å². The molecular formula is C11H8N4S. The van der Waals surface area contributed by atoms with Crippen LogP contribution in [0.5, 0.6) is 0 Å². The van der Waals surface area contributed by atoms with Crippen molar-refractivity contribution in [3.05, 3.63) is 41.4 Å². The summed E-state index contributed by atoms with van der Waals surface area (Å²) in [4.78, 5) is 8.31. The SMILES string of the molecule is S=c1nc(-c2cccc3cnccc23)[nH][nH]1. The van der Waals surface area contributed by atoms with Gasteiger partial charge in [0.25, 0.3) is 0 Å². The smallest absolute Gasteiger partial charge is 0.213 e. The number of pyridine rings is 1. The fraction of sp³-hybridized carbons (Fsp3) is 0. The van der Waals surface area contributed by atoms with E-state index >= 15 is 0 Å². The van der Waals surface area contributed by atoms with Crippen molar-refractivity contribution in [2.45, 2.75) is 0 Å². The van der Waals surface area contributed by atoms with Crippen LogP contribution in [0.4, 0.5) is 0 Å². The normalized spacial score (nSPS) is 10.8. The van der Waals surface area contributed by atoms with Gasteiger partial charge in [-0.05, 0) is 23.7 Å². The molecule has 2 aromatic heterocycles. The zero-order chi connectivity index (χ0) is 11.0. The molecule has 0 aliphatic carbocycles. The van der Waals surface area contributed by atoms with Crippen molar-refractivity contribution in [1.29, 1.82) is 0 Å². The fourth-order valence-electron chi connectivity index (χ4n) is 1.73. The fourth-order valence-corrected chi connectivity index (χ4v) is 1.87. The number of aromatic nitrogens is 4. The van der Waals surface area contributed by atoms with E-state index in [0.717, 1.165) is 22.2 Å². The maximum atomic E-state index is 4.95. The highest BCUT2D eigenvalue weighted by atomic mass is 32.1. The highest BCUT2D eigenvalue weighted by Gasteiger charge is 2.05. The highest BCUT2D eigenvalue weighted by molar-refractivity contribution is 7.71. The van der Waals surface area contributed by atoms with E-state index in [1.807, 2.05) is 30.5 Å². The van der Waals surface area contributed by atoms with Gasteiger partial charge in [-0.25, -0.2) is 0 Å². The van der Waals surface area contributed by atoms with E-state index in [-0.39, 0.29) is 0 Å². The first-order chi connectivity index (χ1) is 7.84. The van der Waals surface area contributed by atoms with E-state index in [1.165, 1.54) is 0 Å². The monoisotopic (exact) mass is 228 g/mol. The van der Waals surface area contributed by atoms with Crippen molar-refractivity contribution in [3.8, 4) is 11.4 Å². The molecule has 16 heavy (non-hydrogen) atoms. The number of H-pyrrole nitrogens is 2. The van der Waals surface area contributed by atoms with Crippen LogP contribution in [0.15, 0.2) is 36.7 Å². The Morgan fingerprint density at radius 3 is 2.88 bits per heavy atom. The van der Waals surface area contributed by atoms with Crippen LogP contribution in [0.1, 0.15) is 0 Å². The molecule has 0 aliphatic heterocycles. The average molecular weight is 228 g/mol. The van der Waals surface area contributed by atoms with Crippen LogP contribution in [0, 0.1) is 4.77 Å². The zero-order valence-electron chi connectivity index (χ0n) is 8.27. The Bertz CT molecular complexity index is 693. The average Bonchev–Trinajstić information content (AvgIpc) is 2.75. The van der Waals surface area contributed by atoms with Gasteiger partial charge in [0.05, 0.1) is 0 Å². The molecule has 3 rings (SSSR count). The second-order valence-corrected chi connectivity index (χ2v) is 3.80. The number of hydrogen-bond acceptors (Lipinski definition) is 3. The minimum atomic E-state index is 0.459. The van der Waals surface area contributed by atoms with Gasteiger partial charge in [-0.2, -0.15) is 4.98 Å². The number of aromatic amines is 2. The van der Waals surface area contributed by atoms with Gasteiger partial charge in [0.1, 0.15) is 0 Å². The van der Waals surface area contributed by atoms with Gasteiger partial charge in [0.15, 0.2) is 5.82 Å². The van der Waals surface area contributed by atoms with Gasteiger partial charge >= 0.3 is 0 Å². The molecular weight excluding hydrogens is 220 g/mol. The molecule has 3 aromatic rings. The molecule has 0 aliphatic rings. The first-order valence-corrected chi connectivity index (χ1v) is 5.23. The molecule has 0 amide bonds. The van der Waals surface area contributed by atoms with Crippen LogP contribution in [-0.2, 0) is 0 Å². The molecule has 78 valence electrons. The molecule has 1 aromatic carbocycles. The first kappa shape index (κ1) is 9.23. The largest absolute Gasteiger partial charge is 0.282 e. The van der Waals surface area contributed by atoms with Crippen molar-refractivity contribution < 1.29 is 0 Å². The maximum absolute atomic E-state index is 4.95. The highest BCUT2D eigenvalue weighted by Crippen LogP contribution is 2.24.